The topological polar surface area (TPSA) is 75.6 Å². The normalized spacial score (nSPS) is 12.0. The Kier molecular flexibility index (Phi) is 6.62. The fourth-order valence-electron chi connectivity index (χ4n) is 1.99. The molecule has 2 N–H and O–H groups in total. The van der Waals surface area contributed by atoms with Crippen molar-refractivity contribution in [2.45, 2.75) is 12.5 Å². The van der Waals surface area contributed by atoms with Gasteiger partial charge in [0.25, 0.3) is 5.91 Å². The van der Waals surface area contributed by atoms with E-state index in [0.29, 0.717) is 14.9 Å². The third-order valence-corrected chi connectivity index (χ3v) is 5.12. The van der Waals surface area contributed by atoms with Gasteiger partial charge in [0.05, 0.1) is 14.9 Å². The van der Waals surface area contributed by atoms with Gasteiger partial charge >= 0.3 is 5.97 Å². The second kappa shape index (κ2) is 8.48. The summed E-state index contributed by atoms with van der Waals surface area (Å²) >= 11 is 13.1. The zero-order valence-corrected chi connectivity index (χ0v) is 15.0. The molecule has 1 atom stereocenters. The van der Waals surface area contributed by atoms with Crippen molar-refractivity contribution in [3.63, 3.8) is 0 Å². The summed E-state index contributed by atoms with van der Waals surface area (Å²) in [6.45, 7) is 0.246. The van der Waals surface area contributed by atoms with Crippen LogP contribution in [0.4, 0.5) is 0 Å². The molecule has 0 fully saturated rings. The Balaban J connectivity index is 2.12. The van der Waals surface area contributed by atoms with Crippen LogP contribution >= 0.6 is 34.5 Å². The highest BCUT2D eigenvalue weighted by Gasteiger charge is 2.21. The van der Waals surface area contributed by atoms with Gasteiger partial charge < -0.3 is 15.2 Å². The third-order valence-electron chi connectivity index (χ3n) is 3.25. The molecule has 0 saturated heterocycles. The molecule has 0 saturated carbocycles. The van der Waals surface area contributed by atoms with Crippen molar-refractivity contribution in [1.29, 1.82) is 0 Å². The van der Waals surface area contributed by atoms with E-state index in [2.05, 4.69) is 5.32 Å². The van der Waals surface area contributed by atoms with E-state index in [4.69, 9.17) is 33.0 Å². The first kappa shape index (κ1) is 18.7. The van der Waals surface area contributed by atoms with Gasteiger partial charge in [-0.15, -0.1) is 11.3 Å². The lowest BCUT2D eigenvalue weighted by Gasteiger charge is -2.13. The standard InChI is InChI=1S/C16H15Cl2NO4S/c1-23-7-6-12(16(21)22)19-15(20)14-5-4-13(24-14)9-2-3-10(17)11(18)8-9/h2-5,8,12H,6-7H2,1H3,(H,19,20)(H,21,22). The summed E-state index contributed by atoms with van der Waals surface area (Å²) in [5.74, 6) is -1.53. The van der Waals surface area contributed by atoms with Crippen LogP contribution in [0.25, 0.3) is 10.4 Å². The summed E-state index contributed by atoms with van der Waals surface area (Å²) in [5, 5.41) is 12.5. The molecule has 1 heterocycles. The number of carboxylic acid groups (broad SMARTS) is 1. The lowest BCUT2D eigenvalue weighted by molar-refractivity contribution is -0.139. The van der Waals surface area contributed by atoms with Gasteiger partial charge in [0.2, 0.25) is 0 Å². The second-order valence-corrected chi connectivity index (χ2v) is 6.84. The second-order valence-electron chi connectivity index (χ2n) is 4.94. The molecule has 1 aromatic heterocycles. The van der Waals surface area contributed by atoms with E-state index in [-0.39, 0.29) is 13.0 Å². The van der Waals surface area contributed by atoms with Crippen LogP contribution < -0.4 is 5.32 Å². The van der Waals surface area contributed by atoms with E-state index in [1.807, 2.05) is 0 Å². The third kappa shape index (κ3) is 4.70. The number of thiophene rings is 1. The van der Waals surface area contributed by atoms with Crippen molar-refractivity contribution >= 4 is 46.4 Å². The van der Waals surface area contributed by atoms with Crippen molar-refractivity contribution in [2.24, 2.45) is 0 Å². The fourth-order valence-corrected chi connectivity index (χ4v) is 3.19. The predicted octanol–water partition coefficient (Wildman–Crippen LogP) is 3.94. The number of benzene rings is 1. The van der Waals surface area contributed by atoms with Gasteiger partial charge in [-0.1, -0.05) is 29.3 Å². The fraction of sp³-hybridized carbons (Fsp3) is 0.250. The summed E-state index contributed by atoms with van der Waals surface area (Å²) in [7, 11) is 1.48. The first-order valence-electron chi connectivity index (χ1n) is 7.00. The zero-order chi connectivity index (χ0) is 17.7. The van der Waals surface area contributed by atoms with E-state index < -0.39 is 17.9 Å². The molecular weight excluding hydrogens is 373 g/mol. The number of carboxylic acids is 1. The minimum absolute atomic E-state index is 0.197. The molecule has 0 spiro atoms. The average molecular weight is 388 g/mol. The number of methoxy groups -OCH3 is 1. The Morgan fingerprint density at radius 3 is 2.62 bits per heavy atom. The molecule has 24 heavy (non-hydrogen) atoms. The maximum absolute atomic E-state index is 12.2. The summed E-state index contributed by atoms with van der Waals surface area (Å²) in [6, 6.07) is 7.64. The van der Waals surface area contributed by atoms with Crippen molar-refractivity contribution in [2.75, 3.05) is 13.7 Å². The van der Waals surface area contributed by atoms with Gasteiger partial charge in [0, 0.05) is 25.0 Å². The number of halogens is 2. The maximum Gasteiger partial charge on any atom is 0.326 e. The van der Waals surface area contributed by atoms with Crippen LogP contribution in [-0.2, 0) is 9.53 Å². The van der Waals surface area contributed by atoms with E-state index in [9.17, 15) is 9.59 Å². The first-order valence-corrected chi connectivity index (χ1v) is 8.57. The van der Waals surface area contributed by atoms with Gasteiger partial charge in [-0.2, -0.15) is 0 Å². The average Bonchev–Trinajstić information content (AvgIpc) is 3.03. The number of aliphatic carboxylic acids is 1. The van der Waals surface area contributed by atoms with Gasteiger partial charge in [-0.25, -0.2) is 4.79 Å². The van der Waals surface area contributed by atoms with Gasteiger partial charge in [0.15, 0.2) is 0 Å². The van der Waals surface area contributed by atoms with Crippen molar-refractivity contribution < 1.29 is 19.4 Å². The van der Waals surface area contributed by atoms with Crippen LogP contribution in [0, 0.1) is 0 Å². The molecule has 1 amide bonds. The SMILES string of the molecule is COCCC(NC(=O)c1ccc(-c2ccc(Cl)c(Cl)c2)s1)C(=O)O. The minimum atomic E-state index is -1.10. The summed E-state index contributed by atoms with van der Waals surface area (Å²) in [5.41, 5.74) is 0.836. The first-order chi connectivity index (χ1) is 11.4. The molecule has 8 heteroatoms. The number of carbonyl (C=O) groups is 2. The van der Waals surface area contributed by atoms with Gasteiger partial charge in [-0.3, -0.25) is 4.79 Å². The Hall–Kier alpha value is -1.60. The maximum atomic E-state index is 12.2. The lowest BCUT2D eigenvalue weighted by Crippen LogP contribution is -2.41. The number of hydrogen-bond donors (Lipinski definition) is 2. The minimum Gasteiger partial charge on any atom is -0.480 e. The molecular formula is C16H15Cl2NO4S. The Morgan fingerprint density at radius 2 is 2.00 bits per heavy atom. The Bertz CT molecular complexity index is 747. The number of carbonyl (C=O) groups excluding carboxylic acids is 1. The van der Waals surface area contributed by atoms with Crippen LogP contribution in [-0.4, -0.2) is 36.7 Å². The zero-order valence-electron chi connectivity index (χ0n) is 12.7. The molecule has 2 aromatic rings. The smallest absolute Gasteiger partial charge is 0.326 e. The number of amides is 1. The molecule has 1 aromatic carbocycles. The highest BCUT2D eigenvalue weighted by molar-refractivity contribution is 7.17. The quantitative estimate of drug-likeness (QED) is 0.754. The molecule has 0 aliphatic carbocycles. The van der Waals surface area contributed by atoms with Crippen molar-refractivity contribution in [3.05, 3.63) is 45.3 Å². The van der Waals surface area contributed by atoms with Crippen LogP contribution in [0.2, 0.25) is 10.0 Å². The Labute approximate surface area is 153 Å². The summed E-state index contributed by atoms with van der Waals surface area (Å²) in [6.07, 6.45) is 0.197. The molecule has 0 radical (unpaired) electrons. The highest BCUT2D eigenvalue weighted by Crippen LogP contribution is 2.32. The molecule has 128 valence electrons. The van der Waals surface area contributed by atoms with Crippen molar-refractivity contribution in [3.8, 4) is 10.4 Å². The molecule has 1 unspecified atom stereocenters. The number of rotatable bonds is 7. The van der Waals surface area contributed by atoms with Gasteiger partial charge in [-0.05, 0) is 29.8 Å². The molecule has 5 nitrogen and oxygen atoms in total. The van der Waals surface area contributed by atoms with Crippen molar-refractivity contribution in [1.82, 2.24) is 5.32 Å². The lowest BCUT2D eigenvalue weighted by atomic mass is 10.2. The monoisotopic (exact) mass is 387 g/mol. The predicted molar refractivity (Wildman–Crippen MR) is 95.2 cm³/mol. The largest absolute Gasteiger partial charge is 0.480 e. The van der Waals surface area contributed by atoms with E-state index in [0.717, 1.165) is 10.4 Å². The number of nitrogens with one attached hydrogen (secondary N) is 1. The van der Waals surface area contributed by atoms with Crippen LogP contribution in [0.15, 0.2) is 30.3 Å². The van der Waals surface area contributed by atoms with E-state index in [1.165, 1.54) is 18.4 Å². The van der Waals surface area contributed by atoms with E-state index in [1.54, 1.807) is 30.3 Å². The molecule has 2 rings (SSSR count). The number of hydrogen-bond acceptors (Lipinski definition) is 4. The summed E-state index contributed by atoms with van der Waals surface area (Å²) in [4.78, 5) is 24.7. The van der Waals surface area contributed by atoms with Crippen LogP contribution in [0.5, 0.6) is 0 Å². The van der Waals surface area contributed by atoms with Crippen LogP contribution in [0.1, 0.15) is 16.1 Å². The molecule has 0 aliphatic heterocycles. The van der Waals surface area contributed by atoms with Gasteiger partial charge in [0.1, 0.15) is 6.04 Å². The highest BCUT2D eigenvalue weighted by atomic mass is 35.5. The molecule has 0 bridgehead atoms. The van der Waals surface area contributed by atoms with Crippen LogP contribution in [0.3, 0.4) is 0 Å². The molecule has 0 aliphatic rings. The number of ether oxygens (including phenoxy) is 1. The Morgan fingerprint density at radius 1 is 1.25 bits per heavy atom. The van der Waals surface area contributed by atoms with E-state index >= 15 is 0 Å². The summed E-state index contributed by atoms with van der Waals surface area (Å²) < 4.78 is 4.86.